The van der Waals surface area contributed by atoms with Crippen LogP contribution in [0.25, 0.3) is 11.0 Å². The van der Waals surface area contributed by atoms with Crippen LogP contribution in [0.15, 0.2) is 27.4 Å². The zero-order valence-electron chi connectivity index (χ0n) is 17.1. The molecule has 6 heteroatoms. The first-order valence-corrected chi connectivity index (χ1v) is 10.6. The lowest BCUT2D eigenvalue weighted by Gasteiger charge is -2.33. The highest BCUT2D eigenvalue weighted by Crippen LogP contribution is 2.30. The molecular formula is C23H28N2O4. The van der Waals surface area contributed by atoms with E-state index in [0.717, 1.165) is 47.9 Å². The van der Waals surface area contributed by atoms with Gasteiger partial charge >= 0.3 is 5.63 Å². The average molecular weight is 396 g/mol. The molecule has 0 spiro atoms. The molecule has 0 unspecified atom stereocenters. The summed E-state index contributed by atoms with van der Waals surface area (Å²) in [6.07, 6.45) is 5.74. The Hall–Kier alpha value is -2.63. The lowest BCUT2D eigenvalue weighted by molar-refractivity contribution is -0.138. The SMILES string of the molecule is Cc1cc2oc(=O)cc(C)c2cc1NC(=O)C1CCN(C(=O)C2CCCC2)CC1. The summed E-state index contributed by atoms with van der Waals surface area (Å²) < 4.78 is 5.27. The van der Waals surface area contributed by atoms with Crippen LogP contribution in [-0.2, 0) is 9.59 Å². The third kappa shape index (κ3) is 4.07. The Bertz CT molecular complexity index is 996. The van der Waals surface area contributed by atoms with Crippen molar-refractivity contribution in [2.75, 3.05) is 18.4 Å². The molecule has 1 aliphatic carbocycles. The molecule has 2 fully saturated rings. The lowest BCUT2D eigenvalue weighted by Crippen LogP contribution is -2.43. The van der Waals surface area contributed by atoms with Gasteiger partial charge in [0.2, 0.25) is 11.8 Å². The predicted molar refractivity (Wildman–Crippen MR) is 112 cm³/mol. The highest BCUT2D eigenvalue weighted by molar-refractivity contribution is 5.96. The second kappa shape index (κ2) is 8.01. The summed E-state index contributed by atoms with van der Waals surface area (Å²) >= 11 is 0. The molecule has 0 atom stereocenters. The van der Waals surface area contributed by atoms with Gasteiger partial charge in [-0.3, -0.25) is 9.59 Å². The summed E-state index contributed by atoms with van der Waals surface area (Å²) in [4.78, 5) is 39.0. The van der Waals surface area contributed by atoms with Gasteiger partial charge in [0.15, 0.2) is 0 Å². The molecule has 1 aromatic heterocycles. The number of benzene rings is 1. The molecule has 2 amide bonds. The van der Waals surface area contributed by atoms with E-state index in [4.69, 9.17) is 4.42 Å². The molecular weight excluding hydrogens is 368 g/mol. The number of anilines is 1. The Kier molecular flexibility index (Phi) is 5.43. The van der Waals surface area contributed by atoms with Crippen molar-refractivity contribution in [1.82, 2.24) is 4.90 Å². The second-order valence-electron chi connectivity index (χ2n) is 8.48. The smallest absolute Gasteiger partial charge is 0.336 e. The van der Waals surface area contributed by atoms with E-state index in [2.05, 4.69) is 5.32 Å². The molecule has 2 aromatic rings. The van der Waals surface area contributed by atoms with Crippen molar-refractivity contribution in [3.63, 3.8) is 0 Å². The van der Waals surface area contributed by atoms with Crippen LogP contribution in [0.5, 0.6) is 0 Å². The van der Waals surface area contributed by atoms with Crippen molar-refractivity contribution in [2.24, 2.45) is 11.8 Å². The van der Waals surface area contributed by atoms with Crippen molar-refractivity contribution in [3.05, 3.63) is 39.7 Å². The molecule has 4 rings (SSSR count). The summed E-state index contributed by atoms with van der Waals surface area (Å²) in [5.74, 6) is 0.385. The van der Waals surface area contributed by atoms with Gasteiger partial charge in [0.25, 0.3) is 0 Å². The van der Waals surface area contributed by atoms with Crippen molar-refractivity contribution < 1.29 is 14.0 Å². The zero-order valence-corrected chi connectivity index (χ0v) is 17.1. The normalized spacial score (nSPS) is 18.3. The topological polar surface area (TPSA) is 79.6 Å². The van der Waals surface area contributed by atoms with E-state index in [1.807, 2.05) is 24.8 Å². The first-order chi connectivity index (χ1) is 13.9. The van der Waals surface area contributed by atoms with E-state index >= 15 is 0 Å². The van der Waals surface area contributed by atoms with Gasteiger partial charge in [-0.2, -0.15) is 0 Å². The number of likely N-dealkylation sites (tertiary alicyclic amines) is 1. The number of nitrogens with one attached hydrogen (secondary N) is 1. The summed E-state index contributed by atoms with van der Waals surface area (Å²) in [5.41, 5.74) is 2.58. The van der Waals surface area contributed by atoms with Crippen LogP contribution in [0.4, 0.5) is 5.69 Å². The van der Waals surface area contributed by atoms with Crippen molar-refractivity contribution in [2.45, 2.75) is 52.4 Å². The minimum absolute atomic E-state index is 0.00421. The van der Waals surface area contributed by atoms with E-state index in [0.29, 0.717) is 31.5 Å². The maximum atomic E-state index is 12.8. The number of nitrogens with zero attached hydrogens (tertiary/aromatic N) is 1. The molecule has 0 radical (unpaired) electrons. The number of hydrogen-bond donors (Lipinski definition) is 1. The standard InChI is InChI=1S/C23H28N2O4/c1-14-12-21(26)29-20-11-15(2)19(13-18(14)20)24-22(27)16-7-9-25(10-8-16)23(28)17-5-3-4-6-17/h11-13,16-17H,3-10H2,1-2H3,(H,24,27). The van der Waals surface area contributed by atoms with Gasteiger partial charge in [-0.15, -0.1) is 0 Å². The third-order valence-electron chi connectivity index (χ3n) is 6.44. The van der Waals surface area contributed by atoms with Crippen LogP contribution in [0, 0.1) is 25.7 Å². The summed E-state index contributed by atoms with van der Waals surface area (Å²) in [7, 11) is 0. The number of fused-ring (bicyclic) bond motifs is 1. The molecule has 2 aliphatic rings. The van der Waals surface area contributed by atoms with Gasteiger partial charge in [-0.25, -0.2) is 4.79 Å². The molecule has 1 N–H and O–H groups in total. The third-order valence-corrected chi connectivity index (χ3v) is 6.44. The number of amides is 2. The summed E-state index contributed by atoms with van der Waals surface area (Å²) in [6.45, 7) is 5.07. The quantitative estimate of drug-likeness (QED) is 0.801. The van der Waals surface area contributed by atoms with Gasteiger partial charge < -0.3 is 14.6 Å². The van der Waals surface area contributed by atoms with Crippen LogP contribution in [-0.4, -0.2) is 29.8 Å². The maximum Gasteiger partial charge on any atom is 0.336 e. The molecule has 2 heterocycles. The van der Waals surface area contributed by atoms with Gasteiger partial charge in [0.05, 0.1) is 0 Å². The van der Waals surface area contributed by atoms with Crippen LogP contribution < -0.4 is 10.9 Å². The first-order valence-electron chi connectivity index (χ1n) is 10.6. The van der Waals surface area contributed by atoms with Crippen molar-refractivity contribution in [1.29, 1.82) is 0 Å². The van der Waals surface area contributed by atoms with Gasteiger partial charge in [-0.1, -0.05) is 12.8 Å². The maximum absolute atomic E-state index is 12.8. The number of hydrogen-bond acceptors (Lipinski definition) is 4. The lowest BCUT2D eigenvalue weighted by atomic mass is 9.94. The van der Waals surface area contributed by atoms with E-state index < -0.39 is 0 Å². The highest BCUT2D eigenvalue weighted by atomic mass is 16.4. The zero-order chi connectivity index (χ0) is 20.5. The highest BCUT2D eigenvalue weighted by Gasteiger charge is 2.32. The van der Waals surface area contributed by atoms with Crippen molar-refractivity contribution >= 4 is 28.5 Å². The Morgan fingerprint density at radius 3 is 2.34 bits per heavy atom. The van der Waals surface area contributed by atoms with Crippen LogP contribution in [0.3, 0.4) is 0 Å². The van der Waals surface area contributed by atoms with Crippen LogP contribution in [0.1, 0.15) is 49.7 Å². The fraction of sp³-hybridized carbons (Fsp3) is 0.522. The van der Waals surface area contributed by atoms with Crippen LogP contribution in [0.2, 0.25) is 0 Å². The summed E-state index contributed by atoms with van der Waals surface area (Å²) in [6, 6.07) is 5.13. The van der Waals surface area contributed by atoms with Crippen LogP contribution >= 0.6 is 0 Å². The molecule has 154 valence electrons. The molecule has 29 heavy (non-hydrogen) atoms. The summed E-state index contributed by atoms with van der Waals surface area (Å²) in [5, 5.41) is 3.87. The van der Waals surface area contributed by atoms with Gasteiger partial charge in [0.1, 0.15) is 5.58 Å². The number of aryl methyl sites for hydroxylation is 2. The fourth-order valence-electron chi connectivity index (χ4n) is 4.63. The number of rotatable bonds is 3. The van der Waals surface area contributed by atoms with E-state index in [1.165, 1.54) is 6.07 Å². The Balaban J connectivity index is 1.41. The first kappa shape index (κ1) is 19.7. The molecule has 1 saturated carbocycles. The van der Waals surface area contributed by atoms with Gasteiger partial charge in [0, 0.05) is 42.1 Å². The molecule has 1 aromatic carbocycles. The molecule has 1 aliphatic heterocycles. The Morgan fingerprint density at radius 1 is 0.966 bits per heavy atom. The number of carbonyl (C=O) groups is 2. The molecule has 0 bridgehead atoms. The Labute approximate surface area is 170 Å². The van der Waals surface area contributed by atoms with Crippen molar-refractivity contribution in [3.8, 4) is 0 Å². The minimum Gasteiger partial charge on any atom is -0.423 e. The van der Waals surface area contributed by atoms with E-state index in [1.54, 1.807) is 6.07 Å². The Morgan fingerprint density at radius 2 is 1.66 bits per heavy atom. The molecule has 1 saturated heterocycles. The molecule has 6 nitrogen and oxygen atoms in total. The van der Waals surface area contributed by atoms with Gasteiger partial charge in [-0.05, 0) is 62.8 Å². The minimum atomic E-state index is -0.370. The van der Waals surface area contributed by atoms with E-state index in [-0.39, 0.29) is 29.3 Å². The second-order valence-corrected chi connectivity index (χ2v) is 8.48. The van der Waals surface area contributed by atoms with E-state index in [9.17, 15) is 14.4 Å². The number of carbonyl (C=O) groups excluding carboxylic acids is 2. The largest absolute Gasteiger partial charge is 0.423 e. The average Bonchev–Trinajstić information content (AvgIpc) is 3.23. The number of piperidine rings is 1. The predicted octanol–water partition coefficient (Wildman–Crippen LogP) is 3.78. The monoisotopic (exact) mass is 396 g/mol. The fourth-order valence-corrected chi connectivity index (χ4v) is 4.63.